The van der Waals surface area contributed by atoms with E-state index in [1.165, 1.54) is 12.8 Å². The first-order chi connectivity index (χ1) is 11.0. The lowest BCUT2D eigenvalue weighted by Gasteiger charge is -2.24. The molecule has 24 heavy (non-hydrogen) atoms. The molecule has 1 heterocycles. The first kappa shape index (κ1) is 21.0. The molecule has 1 aliphatic rings. The summed E-state index contributed by atoms with van der Waals surface area (Å²) in [5, 5.41) is 6.55. The Morgan fingerprint density at radius 2 is 2.12 bits per heavy atom. The summed E-state index contributed by atoms with van der Waals surface area (Å²) in [5.41, 5.74) is 0.873. The van der Waals surface area contributed by atoms with Crippen LogP contribution in [0.2, 0.25) is 0 Å². The van der Waals surface area contributed by atoms with Crippen molar-refractivity contribution in [2.75, 3.05) is 27.3 Å². The van der Waals surface area contributed by atoms with E-state index in [1.807, 2.05) is 26.0 Å². The summed E-state index contributed by atoms with van der Waals surface area (Å²) in [6, 6.07) is 3.95. The molecular weight excluding hydrogens is 419 g/mol. The number of nitrogens with one attached hydrogen (secondary N) is 2. The molecule has 1 saturated carbocycles. The Hall–Kier alpha value is -1.09. The maximum atomic E-state index is 5.71. The number of aromatic nitrogens is 1. The van der Waals surface area contributed by atoms with Gasteiger partial charge in [-0.1, -0.05) is 0 Å². The smallest absolute Gasteiger partial charge is 0.213 e. The molecule has 0 amide bonds. The Balaban J connectivity index is 0.00000288. The second kappa shape index (κ2) is 10.0. The highest BCUT2D eigenvalue weighted by molar-refractivity contribution is 14.0. The van der Waals surface area contributed by atoms with Gasteiger partial charge < -0.3 is 20.1 Å². The van der Waals surface area contributed by atoms with E-state index in [0.29, 0.717) is 19.0 Å². The van der Waals surface area contributed by atoms with Gasteiger partial charge in [-0.25, -0.2) is 4.98 Å². The van der Waals surface area contributed by atoms with Crippen LogP contribution in [0.3, 0.4) is 0 Å². The van der Waals surface area contributed by atoms with Crippen LogP contribution in [0.25, 0.3) is 0 Å². The Bertz CT molecular complexity index is 533. The zero-order valence-electron chi connectivity index (χ0n) is 15.0. The van der Waals surface area contributed by atoms with E-state index in [4.69, 9.17) is 9.47 Å². The van der Waals surface area contributed by atoms with Gasteiger partial charge in [0.15, 0.2) is 5.96 Å². The van der Waals surface area contributed by atoms with Crippen molar-refractivity contribution >= 4 is 29.9 Å². The molecule has 2 rings (SSSR count). The predicted molar refractivity (Wildman–Crippen MR) is 107 cm³/mol. The second-order valence-corrected chi connectivity index (χ2v) is 6.50. The zero-order valence-corrected chi connectivity index (χ0v) is 17.3. The van der Waals surface area contributed by atoms with Gasteiger partial charge in [0.1, 0.15) is 0 Å². The summed E-state index contributed by atoms with van der Waals surface area (Å²) in [7, 11) is 3.46. The minimum absolute atomic E-state index is 0. The number of methoxy groups -OCH3 is 1. The van der Waals surface area contributed by atoms with Crippen LogP contribution in [0.4, 0.5) is 0 Å². The molecule has 2 N–H and O–H groups in total. The SMILES string of the molecule is CN=C(NCc1ccnc(OCC2CC2)c1)NCC(C)(C)OC.I. The first-order valence-corrected chi connectivity index (χ1v) is 8.10. The number of pyridine rings is 1. The predicted octanol–water partition coefficient (Wildman–Crippen LogP) is 2.58. The minimum atomic E-state index is -0.238. The van der Waals surface area contributed by atoms with Gasteiger partial charge in [0.05, 0.1) is 12.2 Å². The summed E-state index contributed by atoms with van der Waals surface area (Å²) < 4.78 is 11.1. The van der Waals surface area contributed by atoms with Crippen molar-refractivity contribution in [2.24, 2.45) is 10.9 Å². The molecule has 1 fully saturated rings. The molecule has 0 aliphatic heterocycles. The van der Waals surface area contributed by atoms with E-state index >= 15 is 0 Å². The number of aliphatic imine (C=N–C) groups is 1. The van der Waals surface area contributed by atoms with Crippen LogP contribution in [0.5, 0.6) is 5.88 Å². The normalized spacial score (nSPS) is 14.8. The molecule has 0 unspecified atom stereocenters. The third-order valence-corrected chi connectivity index (χ3v) is 3.88. The number of halogens is 1. The van der Waals surface area contributed by atoms with Crippen molar-refractivity contribution in [1.29, 1.82) is 0 Å². The maximum Gasteiger partial charge on any atom is 0.213 e. The van der Waals surface area contributed by atoms with Gasteiger partial charge in [-0.15, -0.1) is 24.0 Å². The summed E-state index contributed by atoms with van der Waals surface area (Å²) >= 11 is 0. The molecule has 0 atom stereocenters. The van der Waals surface area contributed by atoms with E-state index in [0.717, 1.165) is 24.0 Å². The van der Waals surface area contributed by atoms with Crippen LogP contribution in [0.15, 0.2) is 23.3 Å². The van der Waals surface area contributed by atoms with Gasteiger partial charge in [-0.05, 0) is 44.2 Å². The average Bonchev–Trinajstić information content (AvgIpc) is 3.38. The summed E-state index contributed by atoms with van der Waals surface area (Å²) in [4.78, 5) is 8.48. The molecule has 0 saturated heterocycles. The number of hydrogen-bond donors (Lipinski definition) is 2. The van der Waals surface area contributed by atoms with Gasteiger partial charge in [-0.3, -0.25) is 4.99 Å². The molecule has 0 spiro atoms. The Morgan fingerprint density at radius 1 is 1.38 bits per heavy atom. The largest absolute Gasteiger partial charge is 0.477 e. The van der Waals surface area contributed by atoms with Crippen molar-refractivity contribution in [1.82, 2.24) is 15.6 Å². The molecule has 0 radical (unpaired) electrons. The van der Waals surface area contributed by atoms with Crippen LogP contribution in [0.1, 0.15) is 32.3 Å². The fourth-order valence-corrected chi connectivity index (χ4v) is 1.90. The number of rotatable bonds is 8. The van der Waals surface area contributed by atoms with Crippen molar-refractivity contribution < 1.29 is 9.47 Å². The van der Waals surface area contributed by atoms with Gasteiger partial charge in [0.25, 0.3) is 0 Å². The number of guanidine groups is 1. The third-order valence-electron chi connectivity index (χ3n) is 3.88. The molecule has 6 nitrogen and oxygen atoms in total. The fraction of sp³-hybridized carbons (Fsp3) is 0.647. The van der Waals surface area contributed by atoms with Gasteiger partial charge in [0.2, 0.25) is 5.88 Å². The topological polar surface area (TPSA) is 67.8 Å². The lowest BCUT2D eigenvalue weighted by molar-refractivity contribution is 0.0268. The molecule has 0 bridgehead atoms. The van der Waals surface area contributed by atoms with Crippen LogP contribution in [-0.2, 0) is 11.3 Å². The lowest BCUT2D eigenvalue weighted by Crippen LogP contribution is -2.45. The minimum Gasteiger partial charge on any atom is -0.477 e. The number of hydrogen-bond acceptors (Lipinski definition) is 4. The zero-order chi connectivity index (χ0) is 16.7. The molecule has 7 heteroatoms. The molecule has 1 aromatic rings. The lowest BCUT2D eigenvalue weighted by atomic mass is 10.1. The molecule has 1 aliphatic carbocycles. The van der Waals surface area contributed by atoms with E-state index < -0.39 is 0 Å². The van der Waals surface area contributed by atoms with E-state index in [-0.39, 0.29) is 29.6 Å². The highest BCUT2D eigenvalue weighted by Crippen LogP contribution is 2.29. The van der Waals surface area contributed by atoms with Crippen molar-refractivity contribution in [3.63, 3.8) is 0 Å². The third kappa shape index (κ3) is 7.65. The summed E-state index contributed by atoms with van der Waals surface area (Å²) in [6.07, 6.45) is 4.34. The van der Waals surface area contributed by atoms with Crippen LogP contribution >= 0.6 is 24.0 Å². The Kier molecular flexibility index (Phi) is 8.75. The van der Waals surface area contributed by atoms with Gasteiger partial charge >= 0.3 is 0 Å². The van der Waals surface area contributed by atoms with Gasteiger partial charge in [0, 0.05) is 39.5 Å². The molecule has 136 valence electrons. The van der Waals surface area contributed by atoms with Crippen molar-refractivity contribution in [3.05, 3.63) is 23.9 Å². The Morgan fingerprint density at radius 3 is 2.75 bits per heavy atom. The van der Waals surface area contributed by atoms with E-state index in [2.05, 4.69) is 20.6 Å². The highest BCUT2D eigenvalue weighted by Gasteiger charge is 2.22. The van der Waals surface area contributed by atoms with Crippen LogP contribution < -0.4 is 15.4 Å². The molecular formula is C17H29IN4O2. The second-order valence-electron chi connectivity index (χ2n) is 6.50. The van der Waals surface area contributed by atoms with E-state index in [9.17, 15) is 0 Å². The van der Waals surface area contributed by atoms with Crippen molar-refractivity contribution in [3.8, 4) is 5.88 Å². The number of ether oxygens (including phenoxy) is 2. The van der Waals surface area contributed by atoms with Crippen LogP contribution in [0, 0.1) is 5.92 Å². The average molecular weight is 448 g/mol. The van der Waals surface area contributed by atoms with Gasteiger partial charge in [-0.2, -0.15) is 0 Å². The fourth-order valence-electron chi connectivity index (χ4n) is 1.90. The standard InChI is InChI=1S/C17H28N4O2.HI/c1-17(2,22-4)12-21-16(18-3)20-10-14-7-8-19-15(9-14)23-11-13-5-6-13;/h7-9,13H,5-6,10-12H2,1-4H3,(H2,18,20,21);1H. The summed E-state index contributed by atoms with van der Waals surface area (Å²) in [5.74, 6) is 2.16. The summed E-state index contributed by atoms with van der Waals surface area (Å²) in [6.45, 7) is 6.17. The quantitative estimate of drug-likeness (QED) is 0.364. The maximum absolute atomic E-state index is 5.71. The highest BCUT2D eigenvalue weighted by atomic mass is 127. The van der Waals surface area contributed by atoms with E-state index in [1.54, 1.807) is 20.4 Å². The van der Waals surface area contributed by atoms with Crippen LogP contribution in [-0.4, -0.2) is 43.9 Å². The van der Waals surface area contributed by atoms with Crippen molar-refractivity contribution in [2.45, 2.75) is 38.8 Å². The first-order valence-electron chi connectivity index (χ1n) is 8.10. The molecule has 0 aromatic carbocycles. The number of nitrogens with zero attached hydrogens (tertiary/aromatic N) is 2. The molecule has 1 aromatic heterocycles. The Labute approximate surface area is 161 Å². The monoisotopic (exact) mass is 448 g/mol.